The number of halogens is 4. The van der Waals surface area contributed by atoms with Gasteiger partial charge in [-0.25, -0.2) is 4.98 Å². The van der Waals surface area contributed by atoms with E-state index in [0.717, 1.165) is 24.3 Å². The summed E-state index contributed by atoms with van der Waals surface area (Å²) in [6.45, 7) is 0. The number of hydrogen-bond acceptors (Lipinski definition) is 5. The lowest BCUT2D eigenvalue weighted by Gasteiger charge is -2.12. The Balaban J connectivity index is 1.75. The number of anilines is 1. The first-order valence-corrected chi connectivity index (χ1v) is 8.58. The van der Waals surface area contributed by atoms with E-state index in [9.17, 15) is 28.1 Å². The molecule has 0 aliphatic carbocycles. The van der Waals surface area contributed by atoms with Gasteiger partial charge in [0.2, 0.25) is 5.88 Å². The van der Waals surface area contributed by atoms with Crippen LogP contribution in [-0.2, 0) is 6.18 Å². The van der Waals surface area contributed by atoms with Crippen LogP contribution in [0.25, 0.3) is 0 Å². The first-order chi connectivity index (χ1) is 14.1. The molecule has 30 heavy (non-hydrogen) atoms. The van der Waals surface area contributed by atoms with Crippen LogP contribution in [0.5, 0.6) is 11.6 Å². The molecule has 1 N–H and O–H groups in total. The summed E-state index contributed by atoms with van der Waals surface area (Å²) in [6.07, 6.45) is -3.46. The number of nitro groups is 1. The van der Waals surface area contributed by atoms with E-state index < -0.39 is 28.5 Å². The highest BCUT2D eigenvalue weighted by molar-refractivity contribution is 6.34. The monoisotopic (exact) mass is 437 g/mol. The van der Waals surface area contributed by atoms with E-state index in [1.54, 1.807) is 0 Å². The first kappa shape index (κ1) is 21.1. The number of aromatic nitrogens is 1. The second-order valence-corrected chi connectivity index (χ2v) is 6.26. The van der Waals surface area contributed by atoms with Gasteiger partial charge < -0.3 is 10.1 Å². The van der Waals surface area contributed by atoms with Gasteiger partial charge in [-0.05, 0) is 42.5 Å². The second-order valence-electron chi connectivity index (χ2n) is 5.86. The van der Waals surface area contributed by atoms with E-state index in [4.69, 9.17) is 16.3 Å². The summed E-state index contributed by atoms with van der Waals surface area (Å²) in [6, 6.07) is 10.9. The molecule has 0 saturated heterocycles. The van der Waals surface area contributed by atoms with Crippen LogP contribution in [0.1, 0.15) is 15.9 Å². The van der Waals surface area contributed by atoms with Crippen molar-refractivity contribution in [2.45, 2.75) is 6.18 Å². The lowest BCUT2D eigenvalue weighted by atomic mass is 10.2. The zero-order chi connectivity index (χ0) is 21.9. The molecule has 11 heteroatoms. The fourth-order valence-corrected chi connectivity index (χ4v) is 2.61. The van der Waals surface area contributed by atoms with Gasteiger partial charge in [0.15, 0.2) is 0 Å². The molecule has 154 valence electrons. The summed E-state index contributed by atoms with van der Waals surface area (Å²) < 4.78 is 44.2. The average molecular weight is 438 g/mol. The summed E-state index contributed by atoms with van der Waals surface area (Å²) in [4.78, 5) is 26.2. The highest BCUT2D eigenvalue weighted by Crippen LogP contribution is 2.36. The Morgan fingerprint density at radius 3 is 2.47 bits per heavy atom. The van der Waals surface area contributed by atoms with E-state index in [1.165, 1.54) is 36.5 Å². The van der Waals surface area contributed by atoms with Crippen molar-refractivity contribution in [3.8, 4) is 11.6 Å². The van der Waals surface area contributed by atoms with Crippen molar-refractivity contribution in [3.05, 3.63) is 87.1 Å². The van der Waals surface area contributed by atoms with Gasteiger partial charge in [0.25, 0.3) is 11.6 Å². The number of nitrogens with zero attached hydrogens (tertiary/aromatic N) is 2. The molecular formula is C19H11ClF3N3O4. The minimum atomic E-state index is -4.63. The van der Waals surface area contributed by atoms with E-state index >= 15 is 0 Å². The smallest absolute Gasteiger partial charge is 0.421 e. The summed E-state index contributed by atoms with van der Waals surface area (Å²) in [7, 11) is 0. The standard InChI is InChI=1S/C19H11ClF3N3O4/c20-16-8-5-12(26(28)29)10-14(16)17(27)25-11-3-6-13(7-4-11)30-18-15(19(21,22)23)2-1-9-24-18/h1-10H,(H,25,27). The maximum absolute atomic E-state index is 13.0. The Bertz CT molecular complexity index is 1100. The second kappa shape index (κ2) is 8.37. The molecule has 7 nitrogen and oxygen atoms in total. The van der Waals surface area contributed by atoms with Crippen LogP contribution in [0, 0.1) is 10.1 Å². The summed E-state index contributed by atoms with van der Waals surface area (Å²) >= 11 is 5.93. The summed E-state index contributed by atoms with van der Waals surface area (Å²) in [5.74, 6) is -1.24. The van der Waals surface area contributed by atoms with E-state index in [-0.39, 0.29) is 27.7 Å². The van der Waals surface area contributed by atoms with Gasteiger partial charge in [-0.15, -0.1) is 0 Å². The van der Waals surface area contributed by atoms with Crippen LogP contribution in [0.15, 0.2) is 60.8 Å². The molecule has 0 atom stereocenters. The predicted octanol–water partition coefficient (Wildman–Crippen LogP) is 5.71. The third-order valence-corrected chi connectivity index (χ3v) is 4.14. The predicted molar refractivity (Wildman–Crippen MR) is 102 cm³/mol. The molecule has 0 saturated carbocycles. The minimum Gasteiger partial charge on any atom is -0.438 e. The summed E-state index contributed by atoms with van der Waals surface area (Å²) in [5, 5.41) is 13.4. The number of alkyl halides is 3. The Labute approximate surface area is 172 Å². The zero-order valence-corrected chi connectivity index (χ0v) is 15.6. The van der Waals surface area contributed by atoms with E-state index in [1.807, 2.05) is 0 Å². The normalized spacial score (nSPS) is 11.1. The molecule has 0 aliphatic rings. The van der Waals surface area contributed by atoms with Crippen LogP contribution < -0.4 is 10.1 Å². The number of benzene rings is 2. The third-order valence-electron chi connectivity index (χ3n) is 3.81. The SMILES string of the molecule is O=C(Nc1ccc(Oc2ncccc2C(F)(F)F)cc1)c1cc([N+](=O)[O-])ccc1Cl. The molecule has 3 aromatic rings. The average Bonchev–Trinajstić information content (AvgIpc) is 2.69. The number of rotatable bonds is 5. The maximum atomic E-state index is 13.0. The largest absolute Gasteiger partial charge is 0.438 e. The molecule has 3 rings (SSSR count). The van der Waals surface area contributed by atoms with Gasteiger partial charge in [-0.2, -0.15) is 13.2 Å². The van der Waals surface area contributed by atoms with Crippen LogP contribution in [-0.4, -0.2) is 15.8 Å². The quantitative estimate of drug-likeness (QED) is 0.407. The molecule has 0 radical (unpaired) electrons. The zero-order valence-electron chi connectivity index (χ0n) is 14.8. The lowest BCUT2D eigenvalue weighted by Crippen LogP contribution is -2.12. The maximum Gasteiger partial charge on any atom is 0.421 e. The fraction of sp³-hybridized carbons (Fsp3) is 0.0526. The number of pyridine rings is 1. The highest BCUT2D eigenvalue weighted by atomic mass is 35.5. The van der Waals surface area contributed by atoms with Gasteiger partial charge in [-0.3, -0.25) is 14.9 Å². The van der Waals surface area contributed by atoms with Crippen molar-refractivity contribution < 1.29 is 27.6 Å². The molecule has 0 unspecified atom stereocenters. The molecule has 2 aromatic carbocycles. The Kier molecular flexibility index (Phi) is 5.88. The van der Waals surface area contributed by atoms with Crippen molar-refractivity contribution in [3.63, 3.8) is 0 Å². The van der Waals surface area contributed by atoms with Crippen molar-refractivity contribution in [2.24, 2.45) is 0 Å². The van der Waals surface area contributed by atoms with Crippen LogP contribution in [0.3, 0.4) is 0 Å². The Morgan fingerprint density at radius 2 is 1.83 bits per heavy atom. The van der Waals surface area contributed by atoms with Crippen LogP contribution >= 0.6 is 11.6 Å². The molecule has 0 bridgehead atoms. The van der Waals surface area contributed by atoms with Crippen molar-refractivity contribution in [1.82, 2.24) is 4.98 Å². The Hall–Kier alpha value is -3.66. The fourth-order valence-electron chi connectivity index (χ4n) is 2.41. The van der Waals surface area contributed by atoms with Gasteiger partial charge in [0.1, 0.15) is 11.3 Å². The summed E-state index contributed by atoms with van der Waals surface area (Å²) in [5.41, 5.74) is -1.16. The number of amides is 1. The van der Waals surface area contributed by atoms with E-state index in [2.05, 4.69) is 10.3 Å². The van der Waals surface area contributed by atoms with Gasteiger partial charge in [-0.1, -0.05) is 11.6 Å². The lowest BCUT2D eigenvalue weighted by molar-refractivity contribution is -0.384. The molecule has 1 aromatic heterocycles. The van der Waals surface area contributed by atoms with Crippen LogP contribution in [0.2, 0.25) is 5.02 Å². The van der Waals surface area contributed by atoms with Crippen molar-refractivity contribution >= 4 is 28.9 Å². The first-order valence-electron chi connectivity index (χ1n) is 8.20. The number of nitro benzene ring substituents is 1. The number of ether oxygens (including phenoxy) is 1. The van der Waals surface area contributed by atoms with Crippen molar-refractivity contribution in [2.75, 3.05) is 5.32 Å². The number of carbonyl (C=O) groups is 1. The highest BCUT2D eigenvalue weighted by Gasteiger charge is 2.35. The van der Waals surface area contributed by atoms with E-state index in [0.29, 0.717) is 0 Å². The minimum absolute atomic E-state index is 0.0212. The van der Waals surface area contributed by atoms with Crippen LogP contribution in [0.4, 0.5) is 24.5 Å². The molecule has 0 fully saturated rings. The number of non-ortho nitro benzene ring substituents is 1. The molecule has 1 amide bonds. The third kappa shape index (κ3) is 4.84. The topological polar surface area (TPSA) is 94.4 Å². The number of nitrogens with one attached hydrogen (secondary N) is 1. The van der Waals surface area contributed by atoms with Gasteiger partial charge in [0, 0.05) is 24.0 Å². The number of hydrogen-bond donors (Lipinski definition) is 1. The molecular weight excluding hydrogens is 427 g/mol. The Morgan fingerprint density at radius 1 is 1.13 bits per heavy atom. The van der Waals surface area contributed by atoms with Crippen molar-refractivity contribution in [1.29, 1.82) is 0 Å². The van der Waals surface area contributed by atoms with Gasteiger partial charge in [0.05, 0.1) is 15.5 Å². The number of carbonyl (C=O) groups excluding carboxylic acids is 1. The van der Waals surface area contributed by atoms with Gasteiger partial charge >= 0.3 is 6.18 Å². The molecule has 0 aliphatic heterocycles. The molecule has 0 spiro atoms. The molecule has 1 heterocycles.